The molecule has 1 heterocycles. The average Bonchev–Trinajstić information content (AvgIpc) is 2.62. The largest absolute Gasteiger partial charge is 0.389 e. The molecule has 104 valence electrons. The molecule has 2 nitrogen and oxygen atoms in total. The second kappa shape index (κ2) is 5.36. The summed E-state index contributed by atoms with van der Waals surface area (Å²) in [5, 5.41) is 0. The number of fused-ring (bicyclic) bond motifs is 1. The van der Waals surface area contributed by atoms with Crippen molar-refractivity contribution in [3.05, 3.63) is 28.5 Å². The Balaban J connectivity index is 2.11. The monoisotopic (exact) mass is 288 g/mol. The quantitative estimate of drug-likeness (QED) is 0.636. The van der Waals surface area contributed by atoms with E-state index in [9.17, 15) is 13.2 Å². The Morgan fingerprint density at radius 3 is 2.68 bits per heavy atom. The second-order valence-electron chi connectivity index (χ2n) is 4.62. The van der Waals surface area contributed by atoms with Crippen LogP contribution in [0.25, 0.3) is 11.0 Å². The van der Waals surface area contributed by atoms with Crippen molar-refractivity contribution in [3.8, 4) is 0 Å². The van der Waals surface area contributed by atoms with Gasteiger partial charge in [-0.05, 0) is 43.6 Å². The molecule has 19 heavy (non-hydrogen) atoms. The molecule has 0 aliphatic carbocycles. The summed E-state index contributed by atoms with van der Waals surface area (Å²) in [5.41, 5.74) is 3.00. The van der Waals surface area contributed by atoms with E-state index in [-0.39, 0.29) is 6.42 Å². The fourth-order valence-corrected chi connectivity index (χ4v) is 2.43. The van der Waals surface area contributed by atoms with Gasteiger partial charge in [0, 0.05) is 13.0 Å². The maximum atomic E-state index is 12.1. The number of benzene rings is 1. The minimum absolute atomic E-state index is 0.129. The Kier molecular flexibility index (Phi) is 3.99. The van der Waals surface area contributed by atoms with E-state index in [1.54, 1.807) is 0 Å². The molecule has 0 bridgehead atoms. The van der Waals surface area contributed by atoms with Crippen LogP contribution < -0.4 is 0 Å². The topological polar surface area (TPSA) is 20.7 Å². The predicted molar refractivity (Wildman–Crippen MR) is 71.8 cm³/mol. The zero-order valence-corrected chi connectivity index (χ0v) is 11.4. The summed E-state index contributed by atoms with van der Waals surface area (Å²) >= 11 is 5.22. The maximum Gasteiger partial charge on any atom is 0.389 e. The van der Waals surface area contributed by atoms with Crippen molar-refractivity contribution in [2.45, 2.75) is 38.9 Å². The van der Waals surface area contributed by atoms with E-state index in [0.717, 1.165) is 16.6 Å². The first-order valence-electron chi connectivity index (χ1n) is 6.13. The van der Waals surface area contributed by atoms with Crippen molar-refractivity contribution in [3.63, 3.8) is 0 Å². The number of hydrogen-bond donors (Lipinski definition) is 1. The number of alkyl halides is 3. The Hall–Kier alpha value is -1.30. The van der Waals surface area contributed by atoms with Crippen molar-refractivity contribution in [2.24, 2.45) is 0 Å². The minimum atomic E-state index is -4.07. The van der Waals surface area contributed by atoms with Crippen LogP contribution in [-0.2, 0) is 6.54 Å². The van der Waals surface area contributed by atoms with Gasteiger partial charge in [-0.2, -0.15) is 13.2 Å². The molecule has 2 rings (SSSR count). The fraction of sp³-hybridized carbons (Fsp3) is 0.462. The van der Waals surface area contributed by atoms with Crippen LogP contribution in [0.15, 0.2) is 18.2 Å². The Morgan fingerprint density at radius 1 is 1.26 bits per heavy atom. The number of H-pyrrole nitrogens is 1. The number of hydrogen-bond acceptors (Lipinski definition) is 1. The highest BCUT2D eigenvalue weighted by molar-refractivity contribution is 7.71. The molecule has 0 spiro atoms. The van der Waals surface area contributed by atoms with E-state index in [1.165, 1.54) is 0 Å². The van der Waals surface area contributed by atoms with Gasteiger partial charge in [0.05, 0.1) is 11.0 Å². The van der Waals surface area contributed by atoms with Gasteiger partial charge in [0.1, 0.15) is 0 Å². The Labute approximate surface area is 114 Å². The number of imidazole rings is 1. The van der Waals surface area contributed by atoms with Crippen LogP contribution in [0.4, 0.5) is 13.2 Å². The highest BCUT2D eigenvalue weighted by Crippen LogP contribution is 2.23. The number of rotatable bonds is 4. The molecule has 0 aliphatic rings. The van der Waals surface area contributed by atoms with Gasteiger partial charge in [0.25, 0.3) is 0 Å². The van der Waals surface area contributed by atoms with Gasteiger partial charge < -0.3 is 9.55 Å². The van der Waals surface area contributed by atoms with Gasteiger partial charge in [-0.3, -0.25) is 0 Å². The third-order valence-corrected chi connectivity index (χ3v) is 3.43. The number of aromatic nitrogens is 2. The molecule has 0 amide bonds. The highest BCUT2D eigenvalue weighted by Gasteiger charge is 2.25. The molecule has 0 aliphatic heterocycles. The minimum Gasteiger partial charge on any atom is -0.330 e. The lowest BCUT2D eigenvalue weighted by Gasteiger charge is -2.07. The average molecular weight is 288 g/mol. The van der Waals surface area contributed by atoms with E-state index < -0.39 is 12.6 Å². The van der Waals surface area contributed by atoms with E-state index in [1.807, 2.05) is 29.7 Å². The standard InChI is InChI=1S/C13H15F3N2S/c1-9-5-4-6-10-11(9)17-12(19)18(10)8-3-2-7-13(14,15)16/h4-6H,2-3,7-8H2,1H3,(H,17,19). The van der Waals surface area contributed by atoms with Crippen LogP contribution in [0.2, 0.25) is 0 Å². The molecular weight excluding hydrogens is 273 g/mol. The lowest BCUT2D eigenvalue weighted by molar-refractivity contribution is -0.135. The number of aryl methyl sites for hydroxylation is 2. The summed E-state index contributed by atoms with van der Waals surface area (Å²) in [6, 6.07) is 5.83. The van der Waals surface area contributed by atoms with Crippen LogP contribution in [-0.4, -0.2) is 15.7 Å². The SMILES string of the molecule is Cc1cccc2c1[nH]c(=S)n2CCCCC(F)(F)F. The lowest BCUT2D eigenvalue weighted by Crippen LogP contribution is -2.07. The summed E-state index contributed by atoms with van der Waals surface area (Å²) in [4.78, 5) is 3.11. The highest BCUT2D eigenvalue weighted by atomic mass is 32.1. The molecule has 1 aromatic heterocycles. The summed E-state index contributed by atoms with van der Waals surface area (Å²) in [5.74, 6) is 0. The van der Waals surface area contributed by atoms with Crippen molar-refractivity contribution in [1.29, 1.82) is 0 Å². The molecular formula is C13H15F3N2S. The normalized spacial score (nSPS) is 12.2. The molecule has 0 unspecified atom stereocenters. The van der Waals surface area contributed by atoms with E-state index in [2.05, 4.69) is 4.98 Å². The Bertz CT molecular complexity index is 625. The summed E-state index contributed by atoms with van der Waals surface area (Å²) in [6.07, 6.45) is -4.21. The van der Waals surface area contributed by atoms with Crippen molar-refractivity contribution in [2.75, 3.05) is 0 Å². The summed E-state index contributed by atoms with van der Waals surface area (Å²) < 4.78 is 38.7. The number of unbranched alkanes of at least 4 members (excludes halogenated alkanes) is 1. The maximum absolute atomic E-state index is 12.1. The molecule has 1 aromatic carbocycles. The van der Waals surface area contributed by atoms with Gasteiger partial charge in [0.2, 0.25) is 0 Å². The summed E-state index contributed by atoms with van der Waals surface area (Å²) in [6.45, 7) is 2.49. The van der Waals surface area contributed by atoms with Crippen LogP contribution in [0.3, 0.4) is 0 Å². The first kappa shape index (κ1) is 14.1. The molecule has 0 radical (unpaired) electrons. The summed E-state index contributed by atoms with van der Waals surface area (Å²) in [7, 11) is 0. The molecule has 2 aromatic rings. The number of nitrogens with zero attached hydrogens (tertiary/aromatic N) is 1. The predicted octanol–water partition coefficient (Wildman–Crippen LogP) is 4.74. The zero-order valence-electron chi connectivity index (χ0n) is 10.5. The van der Waals surface area contributed by atoms with E-state index in [0.29, 0.717) is 17.7 Å². The van der Waals surface area contributed by atoms with Crippen molar-refractivity contribution in [1.82, 2.24) is 9.55 Å². The van der Waals surface area contributed by atoms with Crippen LogP contribution in [0.5, 0.6) is 0 Å². The van der Waals surface area contributed by atoms with Crippen molar-refractivity contribution < 1.29 is 13.2 Å². The van der Waals surface area contributed by atoms with Gasteiger partial charge in [0.15, 0.2) is 4.77 Å². The Morgan fingerprint density at radius 2 is 2.00 bits per heavy atom. The van der Waals surface area contributed by atoms with Crippen LogP contribution in [0.1, 0.15) is 24.8 Å². The van der Waals surface area contributed by atoms with E-state index in [4.69, 9.17) is 12.2 Å². The zero-order chi connectivity index (χ0) is 14.0. The third-order valence-electron chi connectivity index (χ3n) is 3.11. The molecule has 6 heteroatoms. The molecule has 0 atom stereocenters. The molecule has 0 saturated carbocycles. The third kappa shape index (κ3) is 3.37. The molecule has 1 N–H and O–H groups in total. The van der Waals surface area contributed by atoms with Gasteiger partial charge >= 0.3 is 6.18 Å². The smallest absolute Gasteiger partial charge is 0.330 e. The van der Waals surface area contributed by atoms with Crippen molar-refractivity contribution >= 4 is 23.3 Å². The number of para-hydroxylation sites is 1. The van der Waals surface area contributed by atoms with Crippen LogP contribution in [0, 0.1) is 11.7 Å². The van der Waals surface area contributed by atoms with Crippen LogP contribution >= 0.6 is 12.2 Å². The second-order valence-corrected chi connectivity index (χ2v) is 5.01. The van der Waals surface area contributed by atoms with Gasteiger partial charge in [-0.25, -0.2) is 0 Å². The number of aromatic amines is 1. The molecule has 0 saturated heterocycles. The number of nitrogens with one attached hydrogen (secondary N) is 1. The molecule has 0 fully saturated rings. The number of halogens is 3. The van der Waals surface area contributed by atoms with E-state index >= 15 is 0 Å². The first-order valence-corrected chi connectivity index (χ1v) is 6.54. The lowest BCUT2D eigenvalue weighted by atomic mass is 10.2. The van der Waals surface area contributed by atoms with Gasteiger partial charge in [-0.15, -0.1) is 0 Å². The fourth-order valence-electron chi connectivity index (χ4n) is 2.14. The first-order chi connectivity index (χ1) is 8.88. The van der Waals surface area contributed by atoms with Gasteiger partial charge in [-0.1, -0.05) is 12.1 Å².